The first-order valence-electron chi connectivity index (χ1n) is 13.4. The Morgan fingerprint density at radius 2 is 1.81 bits per heavy atom. The number of fused-ring (bicyclic) bond motifs is 7. The standard InChI is InChI=1S/C27H43NO4/c1-15-7-10-27(31-14-15)16(2)24-22(32-27)12-21-19-6-5-17-11-18(29)8-9-25(17,3)20(19)13-23(28-30)26(21,24)4/h15-22,24,29-30H,5-14H2,1-4H3/b28-23+/t15-,16-,17-,18+,19+,20-,21-,22-,24-,25-,26+,27+/m0/s1. The highest BCUT2D eigenvalue weighted by atomic mass is 16.7. The molecule has 0 aromatic carbocycles. The number of nitrogens with zero attached hydrogens (tertiary/aromatic N) is 1. The summed E-state index contributed by atoms with van der Waals surface area (Å²) in [5.41, 5.74) is 1.18. The maximum atomic E-state index is 10.3. The van der Waals surface area contributed by atoms with Crippen molar-refractivity contribution < 1.29 is 19.8 Å². The van der Waals surface area contributed by atoms with Crippen LogP contribution in [-0.4, -0.2) is 40.6 Å². The van der Waals surface area contributed by atoms with Crippen molar-refractivity contribution in [2.75, 3.05) is 6.61 Å². The first-order chi connectivity index (χ1) is 15.2. The fraction of sp³-hybridized carbons (Fsp3) is 0.963. The van der Waals surface area contributed by atoms with Gasteiger partial charge in [-0.05, 0) is 86.4 Å². The Morgan fingerprint density at radius 1 is 1.00 bits per heavy atom. The zero-order valence-corrected chi connectivity index (χ0v) is 20.4. The number of hydrogen-bond donors (Lipinski definition) is 2. The summed E-state index contributed by atoms with van der Waals surface area (Å²) in [5, 5.41) is 24.7. The SMILES string of the molecule is C[C@H]1CC[C@@]2(OC1)O[C@H]1C[C@H]3[C@@H]4CC[C@H]5C[C@H](O)CC[C@]5(C)[C@H]4C/C(=N\O)[C@]3(C)[C@H]1[C@@H]2C. The Bertz CT molecular complexity index is 791. The van der Waals surface area contributed by atoms with Gasteiger partial charge in [0.25, 0.3) is 0 Å². The van der Waals surface area contributed by atoms with Gasteiger partial charge in [-0.2, -0.15) is 0 Å². The van der Waals surface area contributed by atoms with E-state index < -0.39 is 5.79 Å². The van der Waals surface area contributed by atoms with Gasteiger partial charge >= 0.3 is 0 Å². The molecule has 5 nitrogen and oxygen atoms in total. The molecule has 2 saturated heterocycles. The molecule has 2 N–H and O–H groups in total. The Balaban J connectivity index is 1.33. The number of oxime groups is 1. The molecule has 6 aliphatic rings. The molecule has 2 aliphatic heterocycles. The maximum Gasteiger partial charge on any atom is 0.171 e. The van der Waals surface area contributed by atoms with Crippen LogP contribution >= 0.6 is 0 Å². The third-order valence-electron chi connectivity index (χ3n) is 11.9. The molecule has 1 spiro atoms. The van der Waals surface area contributed by atoms with E-state index in [1.54, 1.807) is 0 Å². The monoisotopic (exact) mass is 445 g/mol. The molecule has 180 valence electrons. The molecule has 6 fully saturated rings. The molecule has 5 heteroatoms. The highest BCUT2D eigenvalue weighted by molar-refractivity contribution is 5.92. The normalized spacial score (nSPS) is 60.7. The number of aliphatic hydroxyl groups is 1. The summed E-state index contributed by atoms with van der Waals surface area (Å²) in [6, 6.07) is 0. The van der Waals surface area contributed by atoms with Crippen LogP contribution < -0.4 is 0 Å². The fourth-order valence-electron chi connectivity index (χ4n) is 10.1. The lowest BCUT2D eigenvalue weighted by atomic mass is 9.44. The molecule has 4 saturated carbocycles. The first-order valence-corrected chi connectivity index (χ1v) is 13.4. The molecule has 32 heavy (non-hydrogen) atoms. The summed E-state index contributed by atoms with van der Waals surface area (Å²) in [6.45, 7) is 10.3. The van der Waals surface area contributed by atoms with Crippen molar-refractivity contribution in [2.24, 2.45) is 57.4 Å². The quantitative estimate of drug-likeness (QED) is 0.395. The molecule has 12 atom stereocenters. The Labute approximate surface area is 193 Å². The Kier molecular flexibility index (Phi) is 4.90. The Hall–Kier alpha value is -0.650. The van der Waals surface area contributed by atoms with Gasteiger partial charge in [0, 0.05) is 23.7 Å². The second-order valence-electron chi connectivity index (χ2n) is 13.1. The minimum atomic E-state index is -0.434. The highest BCUT2D eigenvalue weighted by Gasteiger charge is 2.71. The summed E-state index contributed by atoms with van der Waals surface area (Å²) in [5.74, 6) is 3.22. The summed E-state index contributed by atoms with van der Waals surface area (Å²) in [4.78, 5) is 0. The van der Waals surface area contributed by atoms with E-state index >= 15 is 0 Å². The van der Waals surface area contributed by atoms with E-state index in [2.05, 4.69) is 32.9 Å². The van der Waals surface area contributed by atoms with Gasteiger partial charge in [0.15, 0.2) is 5.79 Å². The molecule has 0 aromatic heterocycles. The zero-order chi connectivity index (χ0) is 22.5. The second-order valence-corrected chi connectivity index (χ2v) is 13.1. The molecule has 0 radical (unpaired) electrons. The second kappa shape index (κ2) is 7.18. The summed E-state index contributed by atoms with van der Waals surface area (Å²) in [7, 11) is 0. The van der Waals surface area contributed by atoms with Crippen LogP contribution in [0.15, 0.2) is 5.16 Å². The third kappa shape index (κ3) is 2.71. The van der Waals surface area contributed by atoms with Crippen molar-refractivity contribution in [1.82, 2.24) is 0 Å². The lowest BCUT2D eigenvalue weighted by Crippen LogP contribution is -2.58. The van der Waals surface area contributed by atoms with Gasteiger partial charge in [-0.3, -0.25) is 0 Å². The van der Waals surface area contributed by atoms with Crippen LogP contribution in [0.1, 0.15) is 85.5 Å². The van der Waals surface area contributed by atoms with Crippen molar-refractivity contribution in [2.45, 2.75) is 103 Å². The molecule has 2 heterocycles. The predicted molar refractivity (Wildman–Crippen MR) is 122 cm³/mol. The van der Waals surface area contributed by atoms with Crippen molar-refractivity contribution in [3.63, 3.8) is 0 Å². The van der Waals surface area contributed by atoms with Crippen molar-refractivity contribution >= 4 is 5.71 Å². The van der Waals surface area contributed by atoms with Crippen LogP contribution in [0, 0.1) is 52.3 Å². The van der Waals surface area contributed by atoms with E-state index in [1.807, 2.05) is 0 Å². The third-order valence-corrected chi connectivity index (χ3v) is 11.9. The van der Waals surface area contributed by atoms with Gasteiger partial charge in [-0.15, -0.1) is 0 Å². The zero-order valence-electron chi connectivity index (χ0n) is 20.4. The number of rotatable bonds is 0. The van der Waals surface area contributed by atoms with Gasteiger partial charge < -0.3 is 19.8 Å². The van der Waals surface area contributed by atoms with Crippen LogP contribution in [0.25, 0.3) is 0 Å². The Morgan fingerprint density at radius 3 is 2.53 bits per heavy atom. The van der Waals surface area contributed by atoms with Crippen molar-refractivity contribution in [3.05, 3.63) is 0 Å². The molecule has 6 rings (SSSR count). The lowest BCUT2D eigenvalue weighted by Gasteiger charge is -2.61. The maximum absolute atomic E-state index is 10.3. The number of hydrogen-bond acceptors (Lipinski definition) is 5. The van der Waals surface area contributed by atoms with Crippen molar-refractivity contribution in [1.29, 1.82) is 0 Å². The highest BCUT2D eigenvalue weighted by Crippen LogP contribution is 2.70. The number of ether oxygens (including phenoxy) is 2. The van der Waals surface area contributed by atoms with E-state index in [1.165, 1.54) is 19.3 Å². The molecular weight excluding hydrogens is 402 g/mol. The smallest absolute Gasteiger partial charge is 0.171 e. The van der Waals surface area contributed by atoms with Crippen LogP contribution in [0.2, 0.25) is 0 Å². The van der Waals surface area contributed by atoms with E-state index in [9.17, 15) is 10.3 Å². The molecule has 0 amide bonds. The molecular formula is C27H43NO4. The van der Waals surface area contributed by atoms with Crippen LogP contribution in [-0.2, 0) is 9.47 Å². The van der Waals surface area contributed by atoms with Gasteiger partial charge in [0.05, 0.1) is 24.5 Å². The minimum absolute atomic E-state index is 0.104. The fourth-order valence-corrected chi connectivity index (χ4v) is 10.1. The summed E-state index contributed by atoms with van der Waals surface area (Å²) < 4.78 is 13.3. The molecule has 4 aliphatic carbocycles. The molecule has 0 unspecified atom stereocenters. The average Bonchev–Trinajstić information content (AvgIpc) is 3.21. The predicted octanol–water partition coefficient (Wildman–Crippen LogP) is 5.23. The van der Waals surface area contributed by atoms with Gasteiger partial charge in [0.2, 0.25) is 0 Å². The molecule has 0 bridgehead atoms. The van der Waals surface area contributed by atoms with Crippen molar-refractivity contribution in [3.8, 4) is 0 Å². The minimum Gasteiger partial charge on any atom is -0.411 e. The van der Waals surface area contributed by atoms with E-state index in [-0.39, 0.29) is 23.0 Å². The average molecular weight is 446 g/mol. The number of aliphatic hydroxyl groups excluding tert-OH is 1. The van der Waals surface area contributed by atoms with E-state index in [0.717, 1.165) is 50.8 Å². The van der Waals surface area contributed by atoms with Gasteiger partial charge in [-0.1, -0.05) is 32.9 Å². The topological polar surface area (TPSA) is 71.3 Å². The van der Waals surface area contributed by atoms with E-state index in [4.69, 9.17) is 9.47 Å². The molecule has 0 aromatic rings. The summed E-state index contributed by atoms with van der Waals surface area (Å²) >= 11 is 0. The van der Waals surface area contributed by atoms with Gasteiger partial charge in [-0.25, -0.2) is 0 Å². The van der Waals surface area contributed by atoms with Crippen LogP contribution in [0.4, 0.5) is 0 Å². The summed E-state index contributed by atoms with van der Waals surface area (Å²) in [6.07, 6.45) is 9.72. The largest absolute Gasteiger partial charge is 0.411 e. The van der Waals surface area contributed by atoms with Crippen LogP contribution in [0.5, 0.6) is 0 Å². The first kappa shape index (κ1) is 21.9. The van der Waals surface area contributed by atoms with Gasteiger partial charge in [0.1, 0.15) is 0 Å². The van der Waals surface area contributed by atoms with Crippen LogP contribution in [0.3, 0.4) is 0 Å². The van der Waals surface area contributed by atoms with E-state index in [0.29, 0.717) is 41.4 Å². The lowest BCUT2D eigenvalue weighted by molar-refractivity contribution is -0.272.